The number of nitrogens with one attached hydrogen (secondary N) is 1. The highest BCUT2D eigenvalue weighted by atomic mass is 32.2. The maximum absolute atomic E-state index is 14.3. The van der Waals surface area contributed by atoms with Gasteiger partial charge in [-0.1, -0.05) is 48.5 Å². The summed E-state index contributed by atoms with van der Waals surface area (Å²) in [6.07, 6.45) is -2.58. The van der Waals surface area contributed by atoms with E-state index in [0.29, 0.717) is 5.56 Å². The highest BCUT2D eigenvalue weighted by molar-refractivity contribution is 7.84. The summed E-state index contributed by atoms with van der Waals surface area (Å²) in [5.74, 6) is -0.654. The number of hydrogen-bond acceptors (Lipinski definition) is 1. The van der Waals surface area contributed by atoms with Crippen LogP contribution in [0.15, 0.2) is 60.7 Å². The van der Waals surface area contributed by atoms with Crippen LogP contribution in [0.3, 0.4) is 0 Å². The van der Waals surface area contributed by atoms with Crippen LogP contribution in [0, 0.1) is 5.82 Å². The van der Waals surface area contributed by atoms with Gasteiger partial charge in [0.15, 0.2) is 5.54 Å². The van der Waals surface area contributed by atoms with Gasteiger partial charge in [0, 0.05) is 0 Å². The fraction of sp³-hybridized carbons (Fsp3) is 0.300. The SMILES string of the molecule is CC(C)(C)S(=O)N[C@@](/C=C/c1ccccc1)(c1ccc(F)cc1)C(F)(F)F. The van der Waals surface area contributed by atoms with Gasteiger partial charge in [0.25, 0.3) is 0 Å². The molecule has 0 amide bonds. The summed E-state index contributed by atoms with van der Waals surface area (Å²) in [6, 6.07) is 12.5. The molecule has 0 aromatic heterocycles. The van der Waals surface area contributed by atoms with Crippen molar-refractivity contribution in [3.63, 3.8) is 0 Å². The molecule has 2 nitrogen and oxygen atoms in total. The molecule has 0 radical (unpaired) electrons. The van der Waals surface area contributed by atoms with Crippen LogP contribution in [0.1, 0.15) is 31.9 Å². The van der Waals surface area contributed by atoms with Gasteiger partial charge < -0.3 is 0 Å². The van der Waals surface area contributed by atoms with Crippen molar-refractivity contribution in [2.24, 2.45) is 0 Å². The quantitative estimate of drug-likeness (QED) is 0.675. The van der Waals surface area contributed by atoms with Crippen LogP contribution in [0.2, 0.25) is 0 Å². The van der Waals surface area contributed by atoms with Crippen LogP contribution in [0.5, 0.6) is 0 Å². The van der Waals surface area contributed by atoms with E-state index in [2.05, 4.69) is 4.72 Å². The van der Waals surface area contributed by atoms with Gasteiger partial charge in [-0.05, 0) is 50.1 Å². The Bertz CT molecular complexity index is 811. The van der Waals surface area contributed by atoms with Crippen molar-refractivity contribution in [1.29, 1.82) is 0 Å². The van der Waals surface area contributed by atoms with Gasteiger partial charge >= 0.3 is 6.18 Å². The maximum Gasteiger partial charge on any atom is 0.415 e. The lowest BCUT2D eigenvalue weighted by atomic mass is 9.89. The van der Waals surface area contributed by atoms with Gasteiger partial charge in [0.05, 0.1) is 15.7 Å². The van der Waals surface area contributed by atoms with Crippen LogP contribution < -0.4 is 4.72 Å². The minimum absolute atomic E-state index is 0.249. The lowest BCUT2D eigenvalue weighted by molar-refractivity contribution is -0.179. The van der Waals surface area contributed by atoms with Crippen LogP contribution in [-0.2, 0) is 16.5 Å². The molecule has 0 bridgehead atoms. The van der Waals surface area contributed by atoms with Crippen LogP contribution in [0.25, 0.3) is 6.08 Å². The minimum atomic E-state index is -4.82. The standard InChI is InChI=1S/C20H21F4NOS/c1-18(2,3)27(26)25-19(20(22,23)24,16-9-11-17(21)12-10-16)14-13-15-7-5-4-6-8-15/h4-14,25H,1-3H3/b14-13+/t19-,27?/m0/s1. The fourth-order valence-electron chi connectivity index (χ4n) is 2.30. The zero-order valence-corrected chi connectivity index (χ0v) is 16.0. The van der Waals surface area contributed by atoms with E-state index in [1.807, 2.05) is 0 Å². The lowest BCUT2D eigenvalue weighted by Gasteiger charge is -2.36. The Kier molecular flexibility index (Phi) is 6.27. The van der Waals surface area contributed by atoms with Crippen molar-refractivity contribution in [2.45, 2.75) is 37.2 Å². The van der Waals surface area contributed by atoms with E-state index < -0.39 is 33.3 Å². The maximum atomic E-state index is 14.3. The zero-order chi connectivity index (χ0) is 20.3. The first-order valence-corrected chi connectivity index (χ1v) is 9.37. The van der Waals surface area contributed by atoms with Crippen LogP contribution in [0.4, 0.5) is 17.6 Å². The minimum Gasteiger partial charge on any atom is -0.242 e. The number of rotatable bonds is 5. The molecule has 0 aliphatic rings. The number of benzene rings is 2. The van der Waals surface area contributed by atoms with Crippen molar-refractivity contribution >= 4 is 17.1 Å². The van der Waals surface area contributed by atoms with E-state index in [1.165, 1.54) is 6.08 Å². The van der Waals surface area contributed by atoms with Crippen molar-refractivity contribution in [2.75, 3.05) is 0 Å². The third-order valence-electron chi connectivity index (χ3n) is 3.88. The second kappa shape index (κ2) is 7.94. The molecule has 0 aliphatic carbocycles. The van der Waals surface area contributed by atoms with Gasteiger partial charge in [0.2, 0.25) is 0 Å². The van der Waals surface area contributed by atoms with E-state index in [9.17, 15) is 21.8 Å². The second-order valence-electron chi connectivity index (χ2n) is 7.04. The molecule has 0 saturated carbocycles. The molecule has 0 spiro atoms. The Morgan fingerprint density at radius 1 is 0.926 bits per heavy atom. The molecule has 1 N–H and O–H groups in total. The van der Waals surface area contributed by atoms with Gasteiger partial charge in [-0.15, -0.1) is 0 Å². The highest BCUT2D eigenvalue weighted by Crippen LogP contribution is 2.42. The number of alkyl halides is 3. The van der Waals surface area contributed by atoms with E-state index in [1.54, 1.807) is 51.1 Å². The molecule has 27 heavy (non-hydrogen) atoms. The molecule has 0 saturated heterocycles. The third kappa shape index (κ3) is 5.05. The summed E-state index contributed by atoms with van der Waals surface area (Å²) >= 11 is 0. The average Bonchev–Trinajstić information content (AvgIpc) is 2.58. The monoisotopic (exact) mass is 399 g/mol. The largest absolute Gasteiger partial charge is 0.415 e. The molecule has 2 aromatic carbocycles. The molecule has 2 atom stereocenters. The number of halogens is 4. The van der Waals surface area contributed by atoms with Gasteiger partial charge in [0.1, 0.15) is 5.82 Å². The Balaban J connectivity index is 2.64. The van der Waals surface area contributed by atoms with Gasteiger partial charge in [-0.2, -0.15) is 13.2 Å². The topological polar surface area (TPSA) is 29.1 Å². The predicted octanol–water partition coefficient (Wildman–Crippen LogP) is 5.35. The van der Waals surface area contributed by atoms with Crippen molar-refractivity contribution in [3.8, 4) is 0 Å². The first-order chi connectivity index (χ1) is 12.5. The molecule has 7 heteroatoms. The normalized spacial score (nSPS) is 16.3. The summed E-state index contributed by atoms with van der Waals surface area (Å²) in [4.78, 5) is 0. The number of hydrogen-bond donors (Lipinski definition) is 1. The molecule has 0 aliphatic heterocycles. The Hall–Kier alpha value is -1.99. The molecular formula is C20H21F4NOS. The zero-order valence-electron chi connectivity index (χ0n) is 15.2. The molecule has 2 rings (SSSR count). The Morgan fingerprint density at radius 3 is 1.96 bits per heavy atom. The van der Waals surface area contributed by atoms with Crippen molar-refractivity contribution in [3.05, 3.63) is 77.6 Å². The van der Waals surface area contributed by atoms with Crippen molar-refractivity contribution in [1.82, 2.24) is 4.72 Å². The summed E-state index contributed by atoms with van der Waals surface area (Å²) in [6.45, 7) is 4.72. The van der Waals surface area contributed by atoms with Crippen LogP contribution >= 0.6 is 0 Å². The summed E-state index contributed by atoms with van der Waals surface area (Å²) in [5.41, 5.74) is -2.44. The van der Waals surface area contributed by atoms with Gasteiger partial charge in [-0.3, -0.25) is 0 Å². The predicted molar refractivity (Wildman–Crippen MR) is 101 cm³/mol. The second-order valence-corrected chi connectivity index (χ2v) is 9.01. The van der Waals surface area contributed by atoms with E-state index >= 15 is 0 Å². The average molecular weight is 399 g/mol. The lowest BCUT2D eigenvalue weighted by Crippen LogP contribution is -2.55. The summed E-state index contributed by atoms with van der Waals surface area (Å²) in [5, 5.41) is 0. The molecule has 146 valence electrons. The molecule has 2 aromatic rings. The summed E-state index contributed by atoms with van der Waals surface area (Å²) in [7, 11) is -2.03. The molecule has 0 fully saturated rings. The first kappa shape index (κ1) is 21.3. The van der Waals surface area contributed by atoms with E-state index in [-0.39, 0.29) is 5.56 Å². The first-order valence-electron chi connectivity index (χ1n) is 8.22. The third-order valence-corrected chi connectivity index (χ3v) is 5.50. The van der Waals surface area contributed by atoms with Gasteiger partial charge in [-0.25, -0.2) is 13.3 Å². The van der Waals surface area contributed by atoms with E-state index in [0.717, 1.165) is 30.3 Å². The highest BCUT2D eigenvalue weighted by Gasteiger charge is 2.56. The Morgan fingerprint density at radius 2 is 1.48 bits per heavy atom. The Labute approximate surface area is 158 Å². The molecular weight excluding hydrogens is 378 g/mol. The molecule has 0 heterocycles. The van der Waals surface area contributed by atoms with E-state index in [4.69, 9.17) is 0 Å². The smallest absolute Gasteiger partial charge is 0.242 e. The van der Waals surface area contributed by atoms with Crippen molar-refractivity contribution < 1.29 is 21.8 Å². The molecule has 1 unspecified atom stereocenters. The fourth-order valence-corrected chi connectivity index (χ4v) is 3.20. The summed E-state index contributed by atoms with van der Waals surface area (Å²) < 4.78 is 70.0. The van der Waals surface area contributed by atoms with Crippen LogP contribution in [-0.4, -0.2) is 15.1 Å².